The van der Waals surface area contributed by atoms with E-state index >= 15 is 4.39 Å². The highest BCUT2D eigenvalue weighted by Gasteiger charge is 2.42. The molecule has 7 rings (SSSR count). The molecule has 11 nitrogen and oxygen atoms in total. The van der Waals surface area contributed by atoms with Gasteiger partial charge in [-0.25, -0.2) is 32.5 Å². The number of esters is 1. The minimum Gasteiger partial charge on any atom is -0.478 e. The van der Waals surface area contributed by atoms with Gasteiger partial charge in [-0.3, -0.25) is 14.8 Å². The smallest absolute Gasteiger partial charge is 0.338 e. The first kappa shape index (κ1) is 34.4. The maximum Gasteiger partial charge on any atom is 0.338 e. The van der Waals surface area contributed by atoms with E-state index in [2.05, 4.69) is 31.1 Å². The van der Waals surface area contributed by atoms with Crippen molar-refractivity contribution in [3.63, 3.8) is 0 Å². The minimum absolute atomic E-state index is 0.0648. The first-order chi connectivity index (χ1) is 24.5. The molecule has 2 N–H and O–H groups in total. The zero-order chi connectivity index (χ0) is 36.0. The zero-order valence-electron chi connectivity index (χ0n) is 26.8. The van der Waals surface area contributed by atoms with Gasteiger partial charge in [0, 0.05) is 71.3 Å². The Labute approximate surface area is 301 Å². The van der Waals surface area contributed by atoms with Gasteiger partial charge in [-0.05, 0) is 48.0 Å². The quantitative estimate of drug-likeness (QED) is 0.214. The van der Waals surface area contributed by atoms with Gasteiger partial charge in [-0.2, -0.15) is 0 Å². The lowest BCUT2D eigenvalue weighted by Crippen LogP contribution is -2.53. The van der Waals surface area contributed by atoms with Crippen LogP contribution >= 0.6 is 27.3 Å². The van der Waals surface area contributed by atoms with Crippen LogP contribution in [0.25, 0.3) is 11.1 Å². The molecule has 0 radical (unpaired) electrons. The van der Waals surface area contributed by atoms with Crippen molar-refractivity contribution in [2.75, 3.05) is 44.7 Å². The van der Waals surface area contributed by atoms with Crippen molar-refractivity contribution >= 4 is 56.8 Å². The third-order valence-corrected chi connectivity index (χ3v) is 10.5. The molecule has 0 aliphatic carbocycles. The number of halogens is 4. The molecule has 0 unspecified atom stereocenters. The Morgan fingerprint density at radius 1 is 1.04 bits per heavy atom. The van der Waals surface area contributed by atoms with E-state index in [9.17, 15) is 23.2 Å². The highest BCUT2D eigenvalue weighted by Crippen LogP contribution is 2.38. The fraction of sp³-hybridized carbons (Fsp3) is 0.229. The number of benzene rings is 3. The van der Waals surface area contributed by atoms with Crippen molar-refractivity contribution in [2.45, 2.75) is 12.1 Å². The molecule has 1 aromatic heterocycles. The van der Waals surface area contributed by atoms with Crippen LogP contribution in [0.15, 0.2) is 86.9 Å². The molecule has 3 aliphatic rings. The standard InChI is InChI=1S/C35H28BrF3N6O5S/c1-50-34(48)29-28(41-31(32-40-8-11-51-32)42-30(29)24-6-3-19(37)13-25(24)36)17-43-9-10-44-21(15-43)16-45(35(44)49)20-4-7-23(27(39)14-20)22-5-2-18(33(46)47)12-26(22)38/h2-8,11-14,21,30H,9-10,15-17H2,1H3,(H,41,42)(H,46,47)/t21-,30-/m0/s1. The summed E-state index contributed by atoms with van der Waals surface area (Å²) < 4.78 is 49.8. The van der Waals surface area contributed by atoms with Crippen LogP contribution in [-0.4, -0.2) is 89.6 Å². The lowest BCUT2D eigenvalue weighted by atomic mass is 9.95. The topological polar surface area (TPSA) is 128 Å². The number of carbonyl (C=O) groups excluding carboxylic acids is 2. The third kappa shape index (κ3) is 6.61. The number of aliphatic imine (C=N–C) groups is 1. The molecule has 16 heteroatoms. The van der Waals surface area contributed by atoms with Crippen LogP contribution in [0.5, 0.6) is 0 Å². The number of amidine groups is 1. The fourth-order valence-electron chi connectivity index (χ4n) is 6.58. The molecule has 2 amide bonds. The van der Waals surface area contributed by atoms with Gasteiger partial charge < -0.3 is 20.1 Å². The average Bonchev–Trinajstić information content (AvgIpc) is 3.76. The summed E-state index contributed by atoms with van der Waals surface area (Å²) in [6.45, 7) is 1.77. The number of hydrogen-bond donors (Lipinski definition) is 2. The predicted molar refractivity (Wildman–Crippen MR) is 186 cm³/mol. The third-order valence-electron chi connectivity index (χ3n) is 9.01. The maximum absolute atomic E-state index is 15.4. The SMILES string of the molecule is COC(=O)C1=C(CN2CCN3C(=O)N(c4ccc(-c5ccc(C(=O)O)cc5F)c(F)c4)C[C@@H]3C2)NC(c2nccs2)=N[C@H]1c1ccc(F)cc1Br. The van der Waals surface area contributed by atoms with E-state index in [0.29, 0.717) is 51.9 Å². The monoisotopic (exact) mass is 780 g/mol. The summed E-state index contributed by atoms with van der Waals surface area (Å²) in [6.07, 6.45) is 1.64. The van der Waals surface area contributed by atoms with Crippen LogP contribution in [0.2, 0.25) is 0 Å². The number of fused-ring (bicyclic) bond motifs is 1. The molecule has 2 atom stereocenters. The summed E-state index contributed by atoms with van der Waals surface area (Å²) in [6, 6.07) is 10.1. The summed E-state index contributed by atoms with van der Waals surface area (Å²) in [5, 5.41) is 14.8. The number of carbonyl (C=O) groups is 3. The molecule has 2 saturated heterocycles. The van der Waals surface area contributed by atoms with Crippen molar-refractivity contribution in [3.05, 3.63) is 116 Å². The number of anilines is 1. The van der Waals surface area contributed by atoms with Gasteiger partial charge in [-0.1, -0.05) is 28.1 Å². The molecule has 3 aliphatic heterocycles. The summed E-state index contributed by atoms with van der Waals surface area (Å²) in [5.41, 5.74) is 1.22. The number of aromatic carboxylic acids is 1. The van der Waals surface area contributed by atoms with Crippen LogP contribution < -0.4 is 10.2 Å². The first-order valence-corrected chi connectivity index (χ1v) is 17.3. The number of carboxylic acid groups (broad SMARTS) is 1. The van der Waals surface area contributed by atoms with E-state index in [-0.39, 0.29) is 47.4 Å². The van der Waals surface area contributed by atoms with Gasteiger partial charge in [0.15, 0.2) is 10.8 Å². The Morgan fingerprint density at radius 2 is 1.80 bits per heavy atom. The normalized spacial score (nSPS) is 19.2. The second-order valence-electron chi connectivity index (χ2n) is 12.0. The van der Waals surface area contributed by atoms with E-state index in [1.807, 2.05) is 0 Å². The predicted octanol–water partition coefficient (Wildman–Crippen LogP) is 5.83. The average molecular weight is 782 g/mol. The van der Waals surface area contributed by atoms with Crippen molar-refractivity contribution in [3.8, 4) is 11.1 Å². The van der Waals surface area contributed by atoms with Crippen molar-refractivity contribution < 1.29 is 37.4 Å². The number of urea groups is 1. The maximum atomic E-state index is 15.4. The van der Waals surface area contributed by atoms with Crippen molar-refractivity contribution in [2.24, 2.45) is 4.99 Å². The van der Waals surface area contributed by atoms with Crippen LogP contribution in [-0.2, 0) is 9.53 Å². The zero-order valence-corrected chi connectivity index (χ0v) is 29.2. The number of aromatic nitrogens is 1. The van der Waals surface area contributed by atoms with Crippen LogP contribution in [0.3, 0.4) is 0 Å². The largest absolute Gasteiger partial charge is 0.478 e. The highest BCUT2D eigenvalue weighted by molar-refractivity contribution is 9.10. The lowest BCUT2D eigenvalue weighted by Gasteiger charge is -2.38. The van der Waals surface area contributed by atoms with Gasteiger partial charge in [-0.15, -0.1) is 11.3 Å². The molecule has 262 valence electrons. The molecular weight excluding hydrogens is 753 g/mol. The Balaban J connectivity index is 1.13. The minimum atomic E-state index is -1.30. The fourth-order valence-corrected chi connectivity index (χ4v) is 7.74. The molecular formula is C35H28BrF3N6O5S. The molecule has 0 spiro atoms. The van der Waals surface area contributed by atoms with Gasteiger partial charge in [0.25, 0.3) is 0 Å². The second kappa shape index (κ2) is 13.9. The van der Waals surface area contributed by atoms with E-state index in [1.54, 1.807) is 22.5 Å². The van der Waals surface area contributed by atoms with E-state index in [4.69, 9.17) is 14.8 Å². The molecule has 51 heavy (non-hydrogen) atoms. The number of nitrogens with one attached hydrogen (secondary N) is 1. The van der Waals surface area contributed by atoms with Crippen molar-refractivity contribution in [1.82, 2.24) is 20.1 Å². The van der Waals surface area contributed by atoms with Gasteiger partial charge >= 0.3 is 18.0 Å². The number of nitrogens with zero attached hydrogens (tertiary/aromatic N) is 5. The number of ether oxygens (including phenoxy) is 1. The number of hydrogen-bond acceptors (Lipinski definition) is 9. The molecule has 0 bridgehead atoms. The number of rotatable bonds is 8. The molecule has 3 aromatic carbocycles. The molecule has 0 saturated carbocycles. The first-order valence-electron chi connectivity index (χ1n) is 15.7. The number of piperazine rings is 1. The number of methoxy groups -OCH3 is 1. The van der Waals surface area contributed by atoms with E-state index < -0.39 is 35.4 Å². The van der Waals surface area contributed by atoms with Gasteiger partial charge in [0.05, 0.1) is 24.3 Å². The lowest BCUT2D eigenvalue weighted by molar-refractivity contribution is -0.136. The Kier molecular flexibility index (Phi) is 9.39. The van der Waals surface area contributed by atoms with Crippen LogP contribution in [0.4, 0.5) is 23.7 Å². The summed E-state index contributed by atoms with van der Waals surface area (Å²) in [4.78, 5) is 52.6. The number of amides is 2. The summed E-state index contributed by atoms with van der Waals surface area (Å²) >= 11 is 4.80. The van der Waals surface area contributed by atoms with Gasteiger partial charge in [0.2, 0.25) is 0 Å². The molecule has 4 heterocycles. The van der Waals surface area contributed by atoms with Crippen molar-refractivity contribution in [1.29, 1.82) is 0 Å². The van der Waals surface area contributed by atoms with E-state index in [1.165, 1.54) is 65.8 Å². The van der Waals surface area contributed by atoms with E-state index in [0.717, 1.165) is 6.07 Å². The van der Waals surface area contributed by atoms with Gasteiger partial charge in [0.1, 0.15) is 23.5 Å². The van der Waals surface area contributed by atoms with Crippen LogP contribution in [0, 0.1) is 17.5 Å². The molecule has 2 fully saturated rings. The Hall–Kier alpha value is -5.06. The van der Waals surface area contributed by atoms with Crippen LogP contribution in [0.1, 0.15) is 27.0 Å². The highest BCUT2D eigenvalue weighted by atomic mass is 79.9. The number of thiazole rings is 1. The molecule has 4 aromatic rings. The number of carboxylic acids is 1. The Bertz CT molecular complexity index is 2130. The second-order valence-corrected chi connectivity index (χ2v) is 13.8. The summed E-state index contributed by atoms with van der Waals surface area (Å²) in [5.74, 6) is -3.56. The summed E-state index contributed by atoms with van der Waals surface area (Å²) in [7, 11) is 1.28. The Morgan fingerprint density at radius 3 is 2.47 bits per heavy atom.